The molecule has 1 atom stereocenters. The van der Waals surface area contributed by atoms with Crippen LogP contribution >= 0.6 is 0 Å². The maximum atomic E-state index is 5.92. The highest BCUT2D eigenvalue weighted by Crippen LogP contribution is 2.35. The zero-order chi connectivity index (χ0) is 13.4. The molecule has 0 spiro atoms. The van der Waals surface area contributed by atoms with Crippen molar-refractivity contribution in [1.29, 1.82) is 0 Å². The smallest absolute Gasteiger partial charge is 0.0843 e. The number of rotatable bonds is 5. The van der Waals surface area contributed by atoms with Gasteiger partial charge in [-0.25, -0.2) is 0 Å². The highest BCUT2D eigenvalue weighted by Gasteiger charge is 2.33. The largest absolute Gasteiger partial charge is 0.329 e. The van der Waals surface area contributed by atoms with Gasteiger partial charge in [-0.05, 0) is 31.9 Å². The molecule has 2 N–H and O–H groups in total. The Morgan fingerprint density at radius 1 is 1.42 bits per heavy atom. The van der Waals surface area contributed by atoms with Gasteiger partial charge >= 0.3 is 0 Å². The summed E-state index contributed by atoms with van der Waals surface area (Å²) >= 11 is 0. The van der Waals surface area contributed by atoms with E-state index in [1.54, 1.807) is 0 Å². The average molecular weight is 258 g/mol. The van der Waals surface area contributed by atoms with Crippen LogP contribution in [0.2, 0.25) is 0 Å². The monoisotopic (exact) mass is 258 g/mol. The Balaban J connectivity index is 1.84. The molecule has 1 unspecified atom stereocenters. The molecule has 1 fully saturated rings. The maximum Gasteiger partial charge on any atom is 0.0843 e. The fourth-order valence-corrected chi connectivity index (χ4v) is 2.97. The van der Waals surface area contributed by atoms with E-state index < -0.39 is 0 Å². The lowest BCUT2D eigenvalue weighted by atomic mass is 10.1. The topological polar surface area (TPSA) is 47.1 Å². The van der Waals surface area contributed by atoms with Gasteiger partial charge in [0.2, 0.25) is 0 Å². The summed E-state index contributed by atoms with van der Waals surface area (Å²) in [5, 5.41) is 5.91. The number of hydrogen-bond acceptors (Lipinski definition) is 3. The van der Waals surface area contributed by atoms with Gasteiger partial charge in [0.15, 0.2) is 0 Å². The lowest BCUT2D eigenvalue weighted by Gasteiger charge is -2.26. The van der Waals surface area contributed by atoms with E-state index in [1.165, 1.54) is 23.7 Å². The quantitative estimate of drug-likeness (QED) is 0.888. The first-order chi connectivity index (χ1) is 9.20. The fraction of sp³-hybridized carbons (Fsp3) is 0.533. The number of aryl methyl sites for hydroxylation is 1. The van der Waals surface area contributed by atoms with Gasteiger partial charge in [-0.3, -0.25) is 9.58 Å². The predicted octanol–water partition coefficient (Wildman–Crippen LogP) is 1.74. The molecule has 0 aliphatic heterocycles. The minimum atomic E-state index is 0.501. The van der Waals surface area contributed by atoms with E-state index in [-0.39, 0.29) is 0 Å². The molecular weight excluding hydrogens is 236 g/mol. The number of benzene rings is 1. The fourth-order valence-electron chi connectivity index (χ4n) is 2.97. The van der Waals surface area contributed by atoms with Crippen LogP contribution in [0.15, 0.2) is 24.3 Å². The number of fused-ring (bicyclic) bond motifs is 1. The lowest BCUT2D eigenvalue weighted by Crippen LogP contribution is -2.39. The van der Waals surface area contributed by atoms with E-state index in [9.17, 15) is 0 Å². The first-order valence-electron chi connectivity index (χ1n) is 7.01. The minimum Gasteiger partial charge on any atom is -0.329 e. The minimum absolute atomic E-state index is 0.501. The van der Waals surface area contributed by atoms with Crippen LogP contribution in [0.3, 0.4) is 0 Å². The summed E-state index contributed by atoms with van der Waals surface area (Å²) in [6.07, 6.45) is 2.66. The molecule has 1 saturated carbocycles. The van der Waals surface area contributed by atoms with E-state index in [0.29, 0.717) is 6.04 Å². The van der Waals surface area contributed by atoms with Gasteiger partial charge in [-0.1, -0.05) is 18.2 Å². The number of likely N-dealkylation sites (N-methyl/N-ethyl adjacent to an activating group) is 1. The number of para-hydroxylation sites is 1. The van der Waals surface area contributed by atoms with Gasteiger partial charge in [0.25, 0.3) is 0 Å². The molecular formula is C15H22N4. The van der Waals surface area contributed by atoms with Crippen LogP contribution < -0.4 is 5.73 Å². The molecule has 102 valence electrons. The Morgan fingerprint density at radius 3 is 2.84 bits per heavy atom. The standard InChI is InChI=1S/C15H22N4/c1-18(15(9-16)11-7-8-11)10-13-12-5-3-4-6-14(12)19(2)17-13/h3-6,11,15H,7-10,16H2,1-2H3. The Bertz CT molecular complexity index is 571. The highest BCUT2D eigenvalue weighted by molar-refractivity contribution is 5.81. The molecule has 1 heterocycles. The van der Waals surface area contributed by atoms with Gasteiger partial charge < -0.3 is 5.73 Å². The zero-order valence-corrected chi connectivity index (χ0v) is 11.7. The van der Waals surface area contributed by atoms with Gasteiger partial charge in [-0.2, -0.15) is 5.10 Å². The number of nitrogens with two attached hydrogens (primary N) is 1. The van der Waals surface area contributed by atoms with E-state index >= 15 is 0 Å². The van der Waals surface area contributed by atoms with Crippen molar-refractivity contribution in [3.8, 4) is 0 Å². The van der Waals surface area contributed by atoms with Crippen LogP contribution in [0.25, 0.3) is 10.9 Å². The lowest BCUT2D eigenvalue weighted by molar-refractivity contribution is 0.213. The van der Waals surface area contributed by atoms with Crippen LogP contribution in [0.4, 0.5) is 0 Å². The van der Waals surface area contributed by atoms with Gasteiger partial charge in [-0.15, -0.1) is 0 Å². The van der Waals surface area contributed by atoms with Crippen molar-refractivity contribution in [3.05, 3.63) is 30.0 Å². The Morgan fingerprint density at radius 2 is 2.16 bits per heavy atom. The van der Waals surface area contributed by atoms with Gasteiger partial charge in [0, 0.05) is 31.6 Å². The molecule has 0 bridgehead atoms. The van der Waals surface area contributed by atoms with Crippen molar-refractivity contribution in [2.75, 3.05) is 13.6 Å². The van der Waals surface area contributed by atoms with E-state index in [0.717, 1.165) is 24.7 Å². The van der Waals surface area contributed by atoms with Crippen LogP contribution in [-0.4, -0.2) is 34.3 Å². The van der Waals surface area contributed by atoms with E-state index in [4.69, 9.17) is 5.73 Å². The molecule has 1 aromatic carbocycles. The first-order valence-corrected chi connectivity index (χ1v) is 7.01. The Kier molecular flexibility index (Phi) is 3.29. The predicted molar refractivity (Wildman–Crippen MR) is 77.7 cm³/mol. The second-order valence-corrected chi connectivity index (χ2v) is 5.64. The highest BCUT2D eigenvalue weighted by atomic mass is 15.3. The maximum absolute atomic E-state index is 5.92. The molecule has 3 rings (SSSR count). The second-order valence-electron chi connectivity index (χ2n) is 5.64. The normalized spacial score (nSPS) is 17.3. The second kappa shape index (κ2) is 4.94. The summed E-state index contributed by atoms with van der Waals surface area (Å²) < 4.78 is 1.97. The van der Waals surface area contributed by atoms with E-state index in [1.807, 2.05) is 11.7 Å². The van der Waals surface area contributed by atoms with Crippen molar-refractivity contribution < 1.29 is 0 Å². The van der Waals surface area contributed by atoms with Crippen molar-refractivity contribution in [3.63, 3.8) is 0 Å². The first kappa shape index (κ1) is 12.6. The third kappa shape index (κ3) is 2.38. The molecule has 1 aliphatic carbocycles. The Labute approximate surface area is 114 Å². The number of aromatic nitrogens is 2. The van der Waals surface area contributed by atoms with Crippen molar-refractivity contribution in [2.45, 2.75) is 25.4 Å². The van der Waals surface area contributed by atoms with Crippen LogP contribution in [0.5, 0.6) is 0 Å². The molecule has 1 aliphatic rings. The summed E-state index contributed by atoms with van der Waals surface area (Å²) in [5.41, 5.74) is 8.27. The Hall–Kier alpha value is -1.39. The number of nitrogens with zero attached hydrogens (tertiary/aromatic N) is 3. The zero-order valence-electron chi connectivity index (χ0n) is 11.7. The van der Waals surface area contributed by atoms with Crippen LogP contribution in [0, 0.1) is 5.92 Å². The number of hydrogen-bond donors (Lipinski definition) is 1. The average Bonchev–Trinajstić information content (AvgIpc) is 3.18. The van der Waals surface area contributed by atoms with Gasteiger partial charge in [0.1, 0.15) is 0 Å². The van der Waals surface area contributed by atoms with Crippen LogP contribution in [-0.2, 0) is 13.6 Å². The summed E-state index contributed by atoms with van der Waals surface area (Å²) in [5.74, 6) is 0.796. The SMILES string of the molecule is CN(Cc1nn(C)c2ccccc12)C(CN)C1CC1. The molecule has 4 heteroatoms. The molecule has 19 heavy (non-hydrogen) atoms. The van der Waals surface area contributed by atoms with Crippen molar-refractivity contribution in [2.24, 2.45) is 18.7 Å². The van der Waals surface area contributed by atoms with Gasteiger partial charge in [0.05, 0.1) is 11.2 Å². The molecule has 0 saturated heterocycles. The van der Waals surface area contributed by atoms with Crippen molar-refractivity contribution >= 4 is 10.9 Å². The summed E-state index contributed by atoms with van der Waals surface area (Å²) in [6, 6.07) is 8.91. The van der Waals surface area contributed by atoms with Crippen molar-refractivity contribution in [1.82, 2.24) is 14.7 Å². The third-order valence-electron chi connectivity index (χ3n) is 4.21. The van der Waals surface area contributed by atoms with E-state index in [2.05, 4.69) is 41.3 Å². The molecule has 0 amide bonds. The summed E-state index contributed by atoms with van der Waals surface area (Å²) in [6.45, 7) is 1.62. The molecule has 1 aromatic heterocycles. The summed E-state index contributed by atoms with van der Waals surface area (Å²) in [4.78, 5) is 2.37. The molecule has 2 aromatic rings. The third-order valence-corrected chi connectivity index (χ3v) is 4.21. The van der Waals surface area contributed by atoms with Crippen LogP contribution in [0.1, 0.15) is 18.5 Å². The molecule has 4 nitrogen and oxygen atoms in total. The molecule has 0 radical (unpaired) electrons. The summed E-state index contributed by atoms with van der Waals surface area (Å²) in [7, 11) is 4.17.